The van der Waals surface area contributed by atoms with Crippen molar-refractivity contribution in [3.63, 3.8) is 0 Å². The van der Waals surface area contributed by atoms with Gasteiger partial charge in [0.1, 0.15) is 0 Å². The summed E-state index contributed by atoms with van der Waals surface area (Å²) in [6.45, 7) is 12.5. The SMILES string of the molecule is CC[C@H](c1nnnn1C(C)(C)C)N1CCN(c2cccc(Cl)c2)CC1. The van der Waals surface area contributed by atoms with Gasteiger partial charge in [-0.15, -0.1) is 5.10 Å². The third-order valence-electron chi connectivity index (χ3n) is 4.74. The normalized spacial score (nSPS) is 17.7. The lowest BCUT2D eigenvalue weighted by molar-refractivity contribution is 0.161. The van der Waals surface area contributed by atoms with Crippen molar-refractivity contribution in [1.29, 1.82) is 0 Å². The van der Waals surface area contributed by atoms with Crippen LogP contribution in [-0.4, -0.2) is 51.3 Å². The van der Waals surface area contributed by atoms with E-state index in [2.05, 4.69) is 59.1 Å². The number of halogens is 1. The fourth-order valence-electron chi connectivity index (χ4n) is 3.45. The molecular weight excluding hydrogens is 336 g/mol. The van der Waals surface area contributed by atoms with Crippen molar-refractivity contribution >= 4 is 17.3 Å². The van der Waals surface area contributed by atoms with Crippen LogP contribution in [0, 0.1) is 0 Å². The third-order valence-corrected chi connectivity index (χ3v) is 4.98. The van der Waals surface area contributed by atoms with Crippen molar-refractivity contribution < 1.29 is 0 Å². The largest absolute Gasteiger partial charge is 0.369 e. The Kier molecular flexibility index (Phi) is 5.29. The molecule has 3 rings (SSSR count). The van der Waals surface area contributed by atoms with Gasteiger partial charge in [-0.25, -0.2) is 4.68 Å². The van der Waals surface area contributed by atoms with Crippen LogP contribution in [0.2, 0.25) is 5.02 Å². The predicted molar refractivity (Wildman–Crippen MR) is 101 cm³/mol. The minimum absolute atomic E-state index is 0.116. The molecule has 0 N–H and O–H groups in total. The number of nitrogens with zero attached hydrogens (tertiary/aromatic N) is 6. The lowest BCUT2D eigenvalue weighted by Gasteiger charge is -2.40. The molecule has 1 aromatic carbocycles. The summed E-state index contributed by atoms with van der Waals surface area (Å²) in [5.41, 5.74) is 1.08. The highest BCUT2D eigenvalue weighted by Gasteiger charge is 2.30. The Morgan fingerprint density at radius 1 is 1.16 bits per heavy atom. The van der Waals surface area contributed by atoms with Gasteiger partial charge >= 0.3 is 0 Å². The second kappa shape index (κ2) is 7.30. The summed E-state index contributed by atoms with van der Waals surface area (Å²) >= 11 is 6.13. The highest BCUT2D eigenvalue weighted by Crippen LogP contribution is 2.28. The highest BCUT2D eigenvalue weighted by molar-refractivity contribution is 6.30. The van der Waals surface area contributed by atoms with Crippen molar-refractivity contribution in [1.82, 2.24) is 25.1 Å². The first-order valence-corrected chi connectivity index (χ1v) is 9.31. The Morgan fingerprint density at radius 2 is 1.88 bits per heavy atom. The molecule has 1 saturated heterocycles. The van der Waals surface area contributed by atoms with E-state index in [0.717, 1.165) is 43.4 Å². The molecule has 25 heavy (non-hydrogen) atoms. The average Bonchev–Trinajstić information content (AvgIpc) is 3.06. The fraction of sp³-hybridized carbons (Fsp3) is 0.611. The molecule has 6 nitrogen and oxygen atoms in total. The van der Waals surface area contributed by atoms with E-state index in [9.17, 15) is 0 Å². The number of hydrogen-bond donors (Lipinski definition) is 0. The molecule has 2 heterocycles. The average molecular weight is 363 g/mol. The molecule has 2 aromatic rings. The maximum Gasteiger partial charge on any atom is 0.168 e. The van der Waals surface area contributed by atoms with Crippen LogP contribution in [0.5, 0.6) is 0 Å². The number of benzene rings is 1. The van der Waals surface area contributed by atoms with Gasteiger partial charge in [0.2, 0.25) is 0 Å². The predicted octanol–water partition coefficient (Wildman–Crippen LogP) is 3.35. The van der Waals surface area contributed by atoms with Gasteiger partial charge in [0.15, 0.2) is 5.82 Å². The van der Waals surface area contributed by atoms with Crippen LogP contribution in [0.3, 0.4) is 0 Å². The summed E-state index contributed by atoms with van der Waals surface area (Å²) in [5.74, 6) is 0.964. The van der Waals surface area contributed by atoms with Crippen LogP contribution in [-0.2, 0) is 5.54 Å². The lowest BCUT2D eigenvalue weighted by Crippen LogP contribution is -2.48. The van der Waals surface area contributed by atoms with Crippen LogP contribution in [0.4, 0.5) is 5.69 Å². The van der Waals surface area contributed by atoms with Gasteiger partial charge in [-0.05, 0) is 55.8 Å². The van der Waals surface area contributed by atoms with Gasteiger partial charge in [0, 0.05) is 36.9 Å². The monoisotopic (exact) mass is 362 g/mol. The van der Waals surface area contributed by atoms with Crippen molar-refractivity contribution in [3.8, 4) is 0 Å². The minimum Gasteiger partial charge on any atom is -0.369 e. The maximum absolute atomic E-state index is 6.13. The highest BCUT2D eigenvalue weighted by atomic mass is 35.5. The molecule has 0 spiro atoms. The van der Waals surface area contributed by atoms with Crippen molar-refractivity contribution in [2.45, 2.75) is 45.7 Å². The molecule has 136 valence electrons. The molecule has 7 heteroatoms. The van der Waals surface area contributed by atoms with E-state index in [-0.39, 0.29) is 11.6 Å². The van der Waals surface area contributed by atoms with E-state index >= 15 is 0 Å². The van der Waals surface area contributed by atoms with Crippen LogP contribution >= 0.6 is 11.6 Å². The molecule has 1 aliphatic rings. The first-order valence-electron chi connectivity index (χ1n) is 8.93. The van der Waals surface area contributed by atoms with Gasteiger partial charge in [0.25, 0.3) is 0 Å². The summed E-state index contributed by atoms with van der Waals surface area (Å²) in [6, 6.07) is 8.33. The zero-order chi connectivity index (χ0) is 18.0. The fourth-order valence-corrected chi connectivity index (χ4v) is 3.63. The molecule has 0 saturated carbocycles. The second-order valence-corrected chi connectivity index (χ2v) is 7.98. The van der Waals surface area contributed by atoms with Crippen LogP contribution in [0.1, 0.15) is 46.0 Å². The zero-order valence-electron chi connectivity index (χ0n) is 15.5. The molecule has 1 aliphatic heterocycles. The quantitative estimate of drug-likeness (QED) is 0.834. The lowest BCUT2D eigenvalue weighted by atomic mass is 10.1. The number of tetrazole rings is 1. The van der Waals surface area contributed by atoms with Gasteiger partial charge in [-0.3, -0.25) is 4.90 Å². The van der Waals surface area contributed by atoms with E-state index in [1.54, 1.807) is 0 Å². The number of aromatic nitrogens is 4. The molecule has 1 atom stereocenters. The maximum atomic E-state index is 6.13. The first kappa shape index (κ1) is 18.1. The Bertz CT molecular complexity index is 700. The topological polar surface area (TPSA) is 50.1 Å². The zero-order valence-corrected chi connectivity index (χ0v) is 16.2. The van der Waals surface area contributed by atoms with Gasteiger partial charge in [-0.2, -0.15) is 0 Å². The molecule has 1 aromatic heterocycles. The second-order valence-electron chi connectivity index (χ2n) is 7.55. The summed E-state index contributed by atoms with van der Waals surface area (Å²) < 4.78 is 1.96. The summed E-state index contributed by atoms with van der Waals surface area (Å²) in [5, 5.41) is 13.3. The standard InChI is InChI=1S/C18H27ClN6/c1-5-16(17-20-21-22-25(17)18(2,3)4)24-11-9-23(10-12-24)15-8-6-7-14(19)13-15/h6-8,13,16H,5,9-12H2,1-4H3/t16-/m1/s1. The van der Waals surface area contributed by atoms with E-state index < -0.39 is 0 Å². The Balaban J connectivity index is 1.72. The van der Waals surface area contributed by atoms with E-state index in [1.807, 2.05) is 22.9 Å². The number of piperazine rings is 1. The van der Waals surface area contributed by atoms with Crippen molar-refractivity contribution in [3.05, 3.63) is 35.1 Å². The van der Waals surface area contributed by atoms with Crippen molar-refractivity contribution in [2.75, 3.05) is 31.1 Å². The van der Waals surface area contributed by atoms with Crippen molar-refractivity contribution in [2.24, 2.45) is 0 Å². The summed E-state index contributed by atoms with van der Waals surface area (Å²) in [6.07, 6.45) is 0.994. The Morgan fingerprint density at radius 3 is 2.48 bits per heavy atom. The molecule has 0 amide bonds. The molecule has 0 aliphatic carbocycles. The summed E-state index contributed by atoms with van der Waals surface area (Å²) in [7, 11) is 0. The Hall–Kier alpha value is -1.66. The first-order chi connectivity index (χ1) is 11.9. The number of anilines is 1. The molecule has 1 fully saturated rings. The minimum atomic E-state index is -0.116. The molecule has 0 bridgehead atoms. The van der Waals surface area contributed by atoms with Crippen LogP contribution < -0.4 is 4.90 Å². The van der Waals surface area contributed by atoms with E-state index in [1.165, 1.54) is 5.69 Å². The number of rotatable bonds is 4. The smallest absolute Gasteiger partial charge is 0.168 e. The summed E-state index contributed by atoms with van der Waals surface area (Å²) in [4.78, 5) is 4.89. The van der Waals surface area contributed by atoms with Gasteiger partial charge in [0.05, 0.1) is 11.6 Å². The van der Waals surface area contributed by atoms with Crippen LogP contribution in [0.25, 0.3) is 0 Å². The van der Waals surface area contributed by atoms with Gasteiger partial charge in [-0.1, -0.05) is 24.6 Å². The molecule has 0 radical (unpaired) electrons. The molecule has 0 unspecified atom stereocenters. The van der Waals surface area contributed by atoms with E-state index in [0.29, 0.717) is 0 Å². The van der Waals surface area contributed by atoms with Crippen LogP contribution in [0.15, 0.2) is 24.3 Å². The van der Waals surface area contributed by atoms with E-state index in [4.69, 9.17) is 11.6 Å². The third kappa shape index (κ3) is 3.96. The Labute approximate surface area is 154 Å². The number of hydrogen-bond acceptors (Lipinski definition) is 5. The molecular formula is C18H27ClN6. The van der Waals surface area contributed by atoms with Gasteiger partial charge < -0.3 is 4.90 Å².